The summed E-state index contributed by atoms with van der Waals surface area (Å²) in [4.78, 5) is 14.6. The molecule has 0 aliphatic carbocycles. The van der Waals surface area contributed by atoms with Gasteiger partial charge in [-0.2, -0.15) is 13.2 Å². The van der Waals surface area contributed by atoms with E-state index in [2.05, 4.69) is 48.5 Å². The minimum atomic E-state index is -4.44. The fourth-order valence-corrected chi connectivity index (χ4v) is 6.08. The van der Waals surface area contributed by atoms with Crippen molar-refractivity contribution in [3.8, 4) is 45.3 Å². The molecule has 0 amide bonds. The van der Waals surface area contributed by atoms with Gasteiger partial charge in [0.1, 0.15) is 0 Å². The quantitative estimate of drug-likeness (QED) is 0.188. The zero-order valence-corrected chi connectivity index (χ0v) is 24.3. The Morgan fingerprint density at radius 3 is 1.54 bits per heavy atom. The zero-order chi connectivity index (χ0) is 31.3. The van der Waals surface area contributed by atoms with Gasteiger partial charge in [-0.3, -0.25) is 0 Å². The summed E-state index contributed by atoms with van der Waals surface area (Å²) >= 11 is 0. The summed E-state index contributed by atoms with van der Waals surface area (Å²) in [5.74, 6) is 1.17. The SMILES string of the molecule is FC(F)(F)c1ccc(-c2nc(-c3ccc(-c4cccc5ccccc45)cc3)nc(-c3cc4ccccc4c4ccccc34)n2)cc1. The number of nitrogens with zero attached hydrogens (tertiary/aromatic N) is 3. The van der Waals surface area contributed by atoms with Gasteiger partial charge in [-0.15, -0.1) is 0 Å². The molecule has 0 spiro atoms. The molecule has 0 atom stereocenters. The molecule has 0 radical (unpaired) electrons. The van der Waals surface area contributed by atoms with Crippen molar-refractivity contribution in [2.24, 2.45) is 0 Å². The van der Waals surface area contributed by atoms with Crippen molar-refractivity contribution < 1.29 is 13.2 Å². The molecule has 0 unspecified atom stereocenters. The van der Waals surface area contributed by atoms with Crippen molar-refractivity contribution in [3.05, 3.63) is 151 Å². The number of alkyl halides is 3. The number of rotatable bonds is 4. The van der Waals surface area contributed by atoms with E-state index in [9.17, 15) is 13.2 Å². The van der Waals surface area contributed by atoms with Gasteiger partial charge in [0.25, 0.3) is 0 Å². The number of hydrogen-bond donors (Lipinski definition) is 0. The van der Waals surface area contributed by atoms with Crippen molar-refractivity contribution in [1.29, 1.82) is 0 Å². The lowest BCUT2D eigenvalue weighted by molar-refractivity contribution is -0.137. The van der Waals surface area contributed by atoms with Gasteiger partial charge in [-0.05, 0) is 61.6 Å². The fraction of sp³-hybridized carbons (Fsp3) is 0.0250. The van der Waals surface area contributed by atoms with Gasteiger partial charge in [-0.1, -0.05) is 127 Å². The van der Waals surface area contributed by atoms with Crippen LogP contribution in [0.5, 0.6) is 0 Å². The monoisotopic (exact) mass is 603 g/mol. The van der Waals surface area contributed by atoms with E-state index in [1.807, 2.05) is 72.8 Å². The number of hydrogen-bond acceptors (Lipinski definition) is 3. The van der Waals surface area contributed by atoms with Crippen LogP contribution in [0.15, 0.2) is 146 Å². The van der Waals surface area contributed by atoms with Crippen molar-refractivity contribution in [2.75, 3.05) is 0 Å². The molecule has 3 nitrogen and oxygen atoms in total. The molecule has 0 aliphatic rings. The van der Waals surface area contributed by atoms with E-state index in [0.717, 1.165) is 66.7 Å². The van der Waals surface area contributed by atoms with E-state index in [1.54, 1.807) is 0 Å². The molecule has 1 heterocycles. The first-order valence-corrected chi connectivity index (χ1v) is 14.9. The van der Waals surface area contributed by atoms with Crippen LogP contribution in [0.25, 0.3) is 77.6 Å². The Balaban J connectivity index is 1.30. The second kappa shape index (κ2) is 10.9. The lowest BCUT2D eigenvalue weighted by Crippen LogP contribution is -2.05. The largest absolute Gasteiger partial charge is 0.416 e. The summed E-state index contributed by atoms with van der Waals surface area (Å²) in [5, 5.41) is 6.51. The number of fused-ring (bicyclic) bond motifs is 4. The summed E-state index contributed by atoms with van der Waals surface area (Å²) in [6.45, 7) is 0. The van der Waals surface area contributed by atoms with E-state index in [0.29, 0.717) is 23.0 Å². The van der Waals surface area contributed by atoms with Crippen LogP contribution in [0, 0.1) is 0 Å². The summed E-state index contributed by atoms with van der Waals surface area (Å²) in [6.07, 6.45) is -4.44. The maximum Gasteiger partial charge on any atom is 0.416 e. The van der Waals surface area contributed by atoms with Gasteiger partial charge < -0.3 is 0 Å². The summed E-state index contributed by atoms with van der Waals surface area (Å²) in [6, 6.07) is 45.8. The third-order valence-corrected chi connectivity index (χ3v) is 8.36. The molecule has 7 aromatic carbocycles. The van der Waals surface area contributed by atoms with Crippen LogP contribution in [0.4, 0.5) is 13.2 Å². The van der Waals surface area contributed by atoms with Crippen LogP contribution in [0.2, 0.25) is 0 Å². The third kappa shape index (κ3) is 4.94. The molecule has 0 aliphatic heterocycles. The summed E-state index contributed by atoms with van der Waals surface area (Å²) in [7, 11) is 0. The summed E-state index contributed by atoms with van der Waals surface area (Å²) in [5.41, 5.74) is 3.50. The Morgan fingerprint density at radius 1 is 0.370 bits per heavy atom. The van der Waals surface area contributed by atoms with Gasteiger partial charge in [0.05, 0.1) is 5.56 Å². The Morgan fingerprint density at radius 2 is 0.870 bits per heavy atom. The van der Waals surface area contributed by atoms with Crippen LogP contribution in [-0.4, -0.2) is 15.0 Å². The summed E-state index contributed by atoms with van der Waals surface area (Å²) < 4.78 is 40.1. The average molecular weight is 604 g/mol. The lowest BCUT2D eigenvalue weighted by atomic mass is 9.96. The molecule has 0 bridgehead atoms. The van der Waals surface area contributed by atoms with Crippen LogP contribution in [0.1, 0.15) is 5.56 Å². The van der Waals surface area contributed by atoms with Crippen molar-refractivity contribution in [2.45, 2.75) is 6.18 Å². The molecule has 0 N–H and O–H groups in total. The maximum absolute atomic E-state index is 13.4. The second-order valence-corrected chi connectivity index (χ2v) is 11.2. The molecular formula is C40H24F3N3. The highest BCUT2D eigenvalue weighted by atomic mass is 19.4. The second-order valence-electron chi connectivity index (χ2n) is 11.2. The number of benzene rings is 7. The van der Waals surface area contributed by atoms with E-state index in [1.165, 1.54) is 12.1 Å². The smallest absolute Gasteiger partial charge is 0.208 e. The highest BCUT2D eigenvalue weighted by Crippen LogP contribution is 2.36. The van der Waals surface area contributed by atoms with E-state index < -0.39 is 11.7 Å². The van der Waals surface area contributed by atoms with Crippen LogP contribution < -0.4 is 0 Å². The van der Waals surface area contributed by atoms with Crippen LogP contribution in [0.3, 0.4) is 0 Å². The zero-order valence-electron chi connectivity index (χ0n) is 24.3. The standard InChI is InChI=1S/C40H24F3N3/c41-40(42,43)30-22-20-28(21-23-30)38-44-37(27-18-16-26(17-19-27)32-15-7-10-25-8-1-3-11-31(25)32)45-39(46-38)36-24-29-9-2-4-12-33(29)34-13-5-6-14-35(34)36/h1-24H. The molecule has 6 heteroatoms. The molecule has 0 saturated heterocycles. The van der Waals surface area contributed by atoms with E-state index in [-0.39, 0.29) is 0 Å². The number of aromatic nitrogens is 3. The van der Waals surface area contributed by atoms with Gasteiger partial charge in [0, 0.05) is 16.7 Å². The van der Waals surface area contributed by atoms with Crippen molar-refractivity contribution >= 4 is 32.3 Å². The number of halogens is 3. The van der Waals surface area contributed by atoms with Crippen LogP contribution in [-0.2, 0) is 6.18 Å². The lowest BCUT2D eigenvalue weighted by Gasteiger charge is -2.13. The van der Waals surface area contributed by atoms with E-state index >= 15 is 0 Å². The molecule has 0 saturated carbocycles. The van der Waals surface area contributed by atoms with Crippen molar-refractivity contribution in [1.82, 2.24) is 15.0 Å². The molecule has 8 rings (SSSR count). The van der Waals surface area contributed by atoms with Gasteiger partial charge in [0.2, 0.25) is 0 Å². The molecule has 0 fully saturated rings. The van der Waals surface area contributed by atoms with Gasteiger partial charge in [-0.25, -0.2) is 15.0 Å². The van der Waals surface area contributed by atoms with E-state index in [4.69, 9.17) is 15.0 Å². The Hall–Kier alpha value is -5.88. The molecule has 46 heavy (non-hydrogen) atoms. The molecule has 220 valence electrons. The first-order chi connectivity index (χ1) is 22.4. The molecular weight excluding hydrogens is 579 g/mol. The highest BCUT2D eigenvalue weighted by Gasteiger charge is 2.30. The minimum absolute atomic E-state index is 0.295. The highest BCUT2D eigenvalue weighted by molar-refractivity contribution is 6.13. The fourth-order valence-electron chi connectivity index (χ4n) is 6.08. The van der Waals surface area contributed by atoms with Gasteiger partial charge in [0.15, 0.2) is 17.5 Å². The molecule has 8 aromatic rings. The first-order valence-electron chi connectivity index (χ1n) is 14.9. The average Bonchev–Trinajstić information content (AvgIpc) is 3.10. The maximum atomic E-state index is 13.4. The van der Waals surface area contributed by atoms with Gasteiger partial charge >= 0.3 is 6.18 Å². The topological polar surface area (TPSA) is 38.7 Å². The Labute approximate surface area is 262 Å². The Kier molecular flexibility index (Phi) is 6.57. The normalized spacial score (nSPS) is 11.8. The predicted octanol–water partition coefficient (Wildman–Crippen LogP) is 11.0. The van der Waals surface area contributed by atoms with Crippen molar-refractivity contribution in [3.63, 3.8) is 0 Å². The Bertz CT molecular complexity index is 2390. The van der Waals surface area contributed by atoms with Crippen LogP contribution >= 0.6 is 0 Å². The minimum Gasteiger partial charge on any atom is -0.208 e. The third-order valence-electron chi connectivity index (χ3n) is 8.36. The first kappa shape index (κ1) is 27.7. The molecule has 1 aromatic heterocycles. The predicted molar refractivity (Wildman–Crippen MR) is 179 cm³/mol.